The third-order valence-corrected chi connectivity index (χ3v) is 4.53. The number of carbonyl (C=O) groups excluding carboxylic acids is 1. The zero-order valence-electron chi connectivity index (χ0n) is 13.9. The van der Waals surface area contributed by atoms with E-state index in [2.05, 4.69) is 10.2 Å². The molecule has 1 aliphatic heterocycles. The number of amides is 1. The van der Waals surface area contributed by atoms with E-state index in [1.54, 1.807) is 37.3 Å². The molecule has 0 aliphatic carbocycles. The molecule has 0 bridgehead atoms. The van der Waals surface area contributed by atoms with E-state index in [0.29, 0.717) is 11.4 Å². The lowest BCUT2D eigenvalue weighted by atomic mass is 9.96. The average Bonchev–Trinajstić information content (AvgIpc) is 3.15. The molecule has 1 aliphatic rings. The van der Waals surface area contributed by atoms with E-state index < -0.39 is 0 Å². The van der Waals surface area contributed by atoms with Crippen LogP contribution in [0.1, 0.15) is 27.7 Å². The number of H-pyrrole nitrogens is 1. The van der Waals surface area contributed by atoms with Crippen molar-refractivity contribution in [3.63, 3.8) is 0 Å². The summed E-state index contributed by atoms with van der Waals surface area (Å²) >= 11 is 0. The minimum Gasteiger partial charge on any atom is -0.508 e. The molecule has 0 unspecified atom stereocenters. The molecule has 1 amide bonds. The number of rotatable bonds is 3. The molecule has 4 rings (SSSR count). The normalized spacial score (nSPS) is 16.2. The Morgan fingerprint density at radius 3 is 2.76 bits per heavy atom. The van der Waals surface area contributed by atoms with Crippen LogP contribution in [0.5, 0.6) is 11.5 Å². The van der Waals surface area contributed by atoms with Gasteiger partial charge in [0.1, 0.15) is 17.2 Å². The average molecular weight is 335 g/mol. The quantitative estimate of drug-likeness (QED) is 0.771. The fourth-order valence-electron chi connectivity index (χ4n) is 3.34. The Labute approximate surface area is 144 Å². The second kappa shape index (κ2) is 5.66. The van der Waals surface area contributed by atoms with E-state index in [4.69, 9.17) is 4.74 Å². The van der Waals surface area contributed by atoms with Gasteiger partial charge in [0.05, 0.1) is 18.8 Å². The summed E-state index contributed by atoms with van der Waals surface area (Å²) in [7, 11) is 3.36. The van der Waals surface area contributed by atoms with Crippen LogP contribution in [0.15, 0.2) is 48.5 Å². The van der Waals surface area contributed by atoms with Gasteiger partial charge in [-0.05, 0) is 29.8 Å². The van der Waals surface area contributed by atoms with E-state index in [0.717, 1.165) is 22.4 Å². The number of methoxy groups -OCH3 is 1. The molecule has 0 radical (unpaired) electrons. The van der Waals surface area contributed by atoms with Crippen molar-refractivity contribution < 1.29 is 14.6 Å². The molecule has 3 aromatic rings. The molecule has 0 spiro atoms. The van der Waals surface area contributed by atoms with Crippen LogP contribution in [-0.4, -0.2) is 40.3 Å². The van der Waals surface area contributed by atoms with Gasteiger partial charge in [-0.15, -0.1) is 0 Å². The minimum absolute atomic E-state index is 0.120. The van der Waals surface area contributed by atoms with Gasteiger partial charge in [-0.2, -0.15) is 5.10 Å². The fraction of sp³-hybridized carbons (Fsp3) is 0.158. The first-order chi connectivity index (χ1) is 12.1. The highest BCUT2D eigenvalue weighted by atomic mass is 16.5. The maximum Gasteiger partial charge on any atom is 0.272 e. The lowest BCUT2D eigenvalue weighted by molar-refractivity contribution is 0.0787. The van der Waals surface area contributed by atoms with Gasteiger partial charge in [0.2, 0.25) is 0 Å². The molecular weight excluding hydrogens is 318 g/mol. The van der Waals surface area contributed by atoms with Crippen molar-refractivity contribution in [3.8, 4) is 22.8 Å². The molecular formula is C19H17N3O3. The lowest BCUT2D eigenvalue weighted by Crippen LogP contribution is -2.24. The van der Waals surface area contributed by atoms with Crippen LogP contribution < -0.4 is 4.74 Å². The molecule has 0 saturated carbocycles. The van der Waals surface area contributed by atoms with Crippen molar-refractivity contribution in [1.29, 1.82) is 0 Å². The summed E-state index contributed by atoms with van der Waals surface area (Å²) < 4.78 is 5.29. The summed E-state index contributed by atoms with van der Waals surface area (Å²) in [5.74, 6) is 0.768. The van der Waals surface area contributed by atoms with Crippen LogP contribution in [0.25, 0.3) is 11.3 Å². The Balaban J connectivity index is 1.90. The number of carbonyl (C=O) groups is 1. The highest BCUT2D eigenvalue weighted by Gasteiger charge is 2.40. The molecule has 1 atom stereocenters. The Morgan fingerprint density at radius 2 is 2.00 bits per heavy atom. The molecule has 2 heterocycles. The maximum atomic E-state index is 12.6. The molecule has 2 N–H and O–H groups in total. The Kier molecular flexibility index (Phi) is 3.46. The number of aromatic hydroxyl groups is 1. The molecule has 0 fully saturated rings. The second-order valence-electron chi connectivity index (χ2n) is 6.01. The smallest absolute Gasteiger partial charge is 0.272 e. The van der Waals surface area contributed by atoms with Gasteiger partial charge in [-0.25, -0.2) is 0 Å². The van der Waals surface area contributed by atoms with E-state index in [-0.39, 0.29) is 17.7 Å². The standard InChI is InChI=1S/C19H17N3O3/c1-22-18(12-6-3-7-13(23)9-12)15-16(20-21-17(15)19(22)24)11-5-4-8-14(10-11)25-2/h3-10,18,23H,1-2H3,(H,20,21)/t18-/m1/s1. The molecule has 126 valence electrons. The zero-order chi connectivity index (χ0) is 17.6. The number of nitrogens with one attached hydrogen (secondary N) is 1. The van der Waals surface area contributed by atoms with Crippen LogP contribution in [0.4, 0.5) is 0 Å². The fourth-order valence-corrected chi connectivity index (χ4v) is 3.34. The molecule has 1 aromatic heterocycles. The Morgan fingerprint density at radius 1 is 1.20 bits per heavy atom. The summed E-state index contributed by atoms with van der Waals surface area (Å²) in [6.07, 6.45) is 0. The first-order valence-corrected chi connectivity index (χ1v) is 7.89. The SMILES string of the molecule is COc1cccc(-c2n[nH]c3c2[C@@H](c2cccc(O)c2)N(C)C3=O)c1. The van der Waals surface area contributed by atoms with Gasteiger partial charge in [0.25, 0.3) is 5.91 Å². The van der Waals surface area contributed by atoms with Crippen molar-refractivity contribution in [1.82, 2.24) is 15.1 Å². The number of ether oxygens (including phenoxy) is 1. The van der Waals surface area contributed by atoms with Gasteiger partial charge < -0.3 is 14.7 Å². The van der Waals surface area contributed by atoms with Crippen LogP contribution in [0.3, 0.4) is 0 Å². The summed E-state index contributed by atoms with van der Waals surface area (Å²) in [5.41, 5.74) is 3.70. The predicted octanol–water partition coefficient (Wildman–Crippen LogP) is 2.97. The van der Waals surface area contributed by atoms with Gasteiger partial charge in [-0.3, -0.25) is 9.89 Å². The second-order valence-corrected chi connectivity index (χ2v) is 6.01. The number of hydrogen-bond donors (Lipinski definition) is 2. The third-order valence-electron chi connectivity index (χ3n) is 4.53. The van der Waals surface area contributed by atoms with Crippen molar-refractivity contribution in [3.05, 3.63) is 65.4 Å². The van der Waals surface area contributed by atoms with Crippen LogP contribution >= 0.6 is 0 Å². The van der Waals surface area contributed by atoms with Crippen LogP contribution in [0, 0.1) is 0 Å². The van der Waals surface area contributed by atoms with E-state index in [9.17, 15) is 9.90 Å². The summed E-state index contributed by atoms with van der Waals surface area (Å²) in [6, 6.07) is 14.2. The number of aromatic nitrogens is 2. The Hall–Kier alpha value is -3.28. The van der Waals surface area contributed by atoms with E-state index >= 15 is 0 Å². The lowest BCUT2D eigenvalue weighted by Gasteiger charge is -2.22. The number of nitrogens with zero attached hydrogens (tertiary/aromatic N) is 2. The van der Waals surface area contributed by atoms with Crippen molar-refractivity contribution in [2.75, 3.05) is 14.2 Å². The molecule has 2 aromatic carbocycles. The van der Waals surface area contributed by atoms with Gasteiger partial charge in [0.15, 0.2) is 0 Å². The van der Waals surface area contributed by atoms with Crippen molar-refractivity contribution >= 4 is 5.91 Å². The highest BCUT2D eigenvalue weighted by Crippen LogP contribution is 2.42. The number of hydrogen-bond acceptors (Lipinski definition) is 4. The number of fused-ring (bicyclic) bond motifs is 1. The summed E-state index contributed by atoms with van der Waals surface area (Å²) in [5, 5.41) is 17.1. The number of aromatic amines is 1. The largest absolute Gasteiger partial charge is 0.508 e. The van der Waals surface area contributed by atoms with Gasteiger partial charge in [0, 0.05) is 18.2 Å². The van der Waals surface area contributed by atoms with E-state index in [1.165, 1.54) is 0 Å². The molecule has 25 heavy (non-hydrogen) atoms. The van der Waals surface area contributed by atoms with Gasteiger partial charge in [-0.1, -0.05) is 24.3 Å². The van der Waals surface area contributed by atoms with Crippen LogP contribution in [0.2, 0.25) is 0 Å². The first-order valence-electron chi connectivity index (χ1n) is 7.89. The molecule has 0 saturated heterocycles. The number of phenolic OH excluding ortho intramolecular Hbond substituents is 1. The molecule has 6 heteroatoms. The highest BCUT2D eigenvalue weighted by molar-refractivity contribution is 6.00. The monoisotopic (exact) mass is 335 g/mol. The maximum absolute atomic E-state index is 12.6. The first kappa shape index (κ1) is 15.3. The number of benzene rings is 2. The minimum atomic E-state index is -0.311. The van der Waals surface area contributed by atoms with E-state index in [1.807, 2.05) is 30.3 Å². The number of phenols is 1. The van der Waals surface area contributed by atoms with Crippen LogP contribution in [-0.2, 0) is 0 Å². The van der Waals surface area contributed by atoms with Gasteiger partial charge >= 0.3 is 0 Å². The topological polar surface area (TPSA) is 78.5 Å². The van der Waals surface area contributed by atoms with Crippen molar-refractivity contribution in [2.45, 2.75) is 6.04 Å². The summed E-state index contributed by atoms with van der Waals surface area (Å²) in [6.45, 7) is 0. The third kappa shape index (κ3) is 2.34. The molecule has 6 nitrogen and oxygen atoms in total. The predicted molar refractivity (Wildman–Crippen MR) is 92.6 cm³/mol. The van der Waals surface area contributed by atoms with Crippen molar-refractivity contribution in [2.24, 2.45) is 0 Å². The summed E-state index contributed by atoms with van der Waals surface area (Å²) in [4.78, 5) is 14.3. The Bertz CT molecular complexity index is 964. The zero-order valence-corrected chi connectivity index (χ0v) is 13.9.